The number of rotatable bonds is 7. The second-order valence-electron chi connectivity index (χ2n) is 7.08. The first-order valence-corrected chi connectivity index (χ1v) is 9.80. The fraction of sp³-hybridized carbons (Fsp3) is 0.318. The highest BCUT2D eigenvalue weighted by atomic mass is 16.6. The molecule has 0 aliphatic carbocycles. The summed E-state index contributed by atoms with van der Waals surface area (Å²) in [6.45, 7) is 8.60. The number of hydrogen-bond acceptors (Lipinski definition) is 5. The molecule has 1 heterocycles. The van der Waals surface area contributed by atoms with Crippen LogP contribution in [0.3, 0.4) is 0 Å². The van der Waals surface area contributed by atoms with Gasteiger partial charge in [-0.3, -0.25) is 19.8 Å². The summed E-state index contributed by atoms with van der Waals surface area (Å²) in [5, 5.41) is 13.6. The number of nitrogens with zero attached hydrogens (tertiary/aromatic N) is 3. The van der Waals surface area contributed by atoms with Crippen molar-refractivity contribution in [3.05, 3.63) is 75.8 Å². The minimum atomic E-state index is -0.456. The number of anilines is 1. The third kappa shape index (κ3) is 6.23. The summed E-state index contributed by atoms with van der Waals surface area (Å²) in [6.07, 6.45) is 2.94. The van der Waals surface area contributed by atoms with Crippen LogP contribution in [0.25, 0.3) is 6.08 Å². The van der Waals surface area contributed by atoms with Crippen LogP contribution < -0.4 is 5.32 Å². The molecular formula is C22H26N4O3. The van der Waals surface area contributed by atoms with Gasteiger partial charge in [-0.2, -0.15) is 0 Å². The first-order valence-electron chi connectivity index (χ1n) is 9.80. The van der Waals surface area contributed by atoms with Crippen LogP contribution in [0.15, 0.2) is 54.6 Å². The summed E-state index contributed by atoms with van der Waals surface area (Å²) in [5.74, 6) is -0.278. The molecule has 1 N–H and O–H groups in total. The number of piperazine rings is 1. The van der Waals surface area contributed by atoms with E-state index in [2.05, 4.69) is 22.0 Å². The lowest BCUT2D eigenvalue weighted by Gasteiger charge is -2.34. The molecule has 0 unspecified atom stereocenters. The van der Waals surface area contributed by atoms with E-state index in [0.29, 0.717) is 5.56 Å². The second kappa shape index (κ2) is 9.95. The first-order chi connectivity index (χ1) is 14.0. The van der Waals surface area contributed by atoms with E-state index in [1.165, 1.54) is 23.8 Å². The van der Waals surface area contributed by atoms with Crippen LogP contribution in [0.1, 0.15) is 18.1 Å². The normalized spacial score (nSPS) is 15.5. The van der Waals surface area contributed by atoms with Crippen LogP contribution in [-0.2, 0) is 11.3 Å². The summed E-state index contributed by atoms with van der Waals surface area (Å²) in [7, 11) is 0. The maximum absolute atomic E-state index is 12.1. The number of non-ortho nitro benzene ring substituents is 1. The van der Waals surface area contributed by atoms with Crippen LogP contribution in [0, 0.1) is 10.1 Å². The Bertz CT molecular complexity index is 872. The van der Waals surface area contributed by atoms with Crippen molar-refractivity contribution < 1.29 is 9.72 Å². The molecule has 0 atom stereocenters. The molecule has 1 aliphatic rings. The Morgan fingerprint density at radius 2 is 1.79 bits per heavy atom. The van der Waals surface area contributed by atoms with E-state index in [1.807, 2.05) is 24.3 Å². The highest BCUT2D eigenvalue weighted by Gasteiger charge is 2.15. The average Bonchev–Trinajstić information content (AvgIpc) is 2.74. The van der Waals surface area contributed by atoms with E-state index < -0.39 is 4.92 Å². The van der Waals surface area contributed by atoms with Crippen molar-refractivity contribution in [3.8, 4) is 0 Å². The van der Waals surface area contributed by atoms with Crippen molar-refractivity contribution in [1.82, 2.24) is 9.80 Å². The summed E-state index contributed by atoms with van der Waals surface area (Å²) >= 11 is 0. The molecule has 152 valence electrons. The molecule has 0 bridgehead atoms. The van der Waals surface area contributed by atoms with Crippen LogP contribution in [0.2, 0.25) is 0 Å². The van der Waals surface area contributed by atoms with Gasteiger partial charge in [0.1, 0.15) is 0 Å². The van der Waals surface area contributed by atoms with Gasteiger partial charge in [0.05, 0.1) is 4.92 Å². The molecular weight excluding hydrogens is 368 g/mol. The van der Waals surface area contributed by atoms with Gasteiger partial charge < -0.3 is 10.2 Å². The first kappa shape index (κ1) is 20.7. The Kier molecular flexibility index (Phi) is 7.10. The Labute approximate surface area is 170 Å². The topological polar surface area (TPSA) is 78.7 Å². The number of hydrogen-bond donors (Lipinski definition) is 1. The lowest BCUT2D eigenvalue weighted by Crippen LogP contribution is -2.45. The van der Waals surface area contributed by atoms with E-state index in [4.69, 9.17) is 0 Å². The monoisotopic (exact) mass is 394 g/mol. The SMILES string of the molecule is CCN1CCN(Cc2ccc(NC(=O)C=Cc3cccc([N+](=O)[O-])c3)cc2)CC1. The molecule has 0 radical (unpaired) electrons. The van der Waals surface area contributed by atoms with E-state index in [0.717, 1.165) is 45.0 Å². The number of carbonyl (C=O) groups excluding carboxylic acids is 1. The van der Waals surface area contributed by atoms with Crippen molar-refractivity contribution in [3.63, 3.8) is 0 Å². The Morgan fingerprint density at radius 1 is 1.10 bits per heavy atom. The molecule has 0 saturated carbocycles. The zero-order chi connectivity index (χ0) is 20.6. The zero-order valence-corrected chi connectivity index (χ0v) is 16.6. The summed E-state index contributed by atoms with van der Waals surface area (Å²) in [4.78, 5) is 27.4. The molecule has 0 spiro atoms. The summed E-state index contributed by atoms with van der Waals surface area (Å²) in [6, 6.07) is 14.0. The Balaban J connectivity index is 1.51. The number of carbonyl (C=O) groups is 1. The van der Waals surface area contributed by atoms with E-state index in [1.54, 1.807) is 18.2 Å². The van der Waals surface area contributed by atoms with Crippen molar-refractivity contribution >= 4 is 23.4 Å². The van der Waals surface area contributed by atoms with Crippen molar-refractivity contribution in [2.24, 2.45) is 0 Å². The van der Waals surface area contributed by atoms with E-state index in [9.17, 15) is 14.9 Å². The highest BCUT2D eigenvalue weighted by molar-refractivity contribution is 6.01. The van der Waals surface area contributed by atoms with Gasteiger partial charge in [0, 0.05) is 56.6 Å². The standard InChI is InChI=1S/C22H26N4O3/c1-2-24-12-14-25(15-13-24)17-19-6-9-20(10-7-19)23-22(27)11-8-18-4-3-5-21(16-18)26(28)29/h3-11,16H,2,12-15,17H2,1H3,(H,23,27). The number of amides is 1. The minimum Gasteiger partial charge on any atom is -0.323 e. The predicted molar refractivity (Wildman–Crippen MR) is 115 cm³/mol. The van der Waals surface area contributed by atoms with Gasteiger partial charge in [0.2, 0.25) is 5.91 Å². The van der Waals surface area contributed by atoms with Crippen molar-refractivity contribution in [2.75, 3.05) is 38.0 Å². The lowest BCUT2D eigenvalue weighted by atomic mass is 10.1. The molecule has 29 heavy (non-hydrogen) atoms. The number of benzene rings is 2. The Morgan fingerprint density at radius 3 is 2.45 bits per heavy atom. The van der Waals surface area contributed by atoms with Crippen molar-refractivity contribution in [2.45, 2.75) is 13.5 Å². The van der Waals surface area contributed by atoms with Gasteiger partial charge in [0.25, 0.3) is 5.69 Å². The zero-order valence-electron chi connectivity index (χ0n) is 16.6. The number of nitrogens with one attached hydrogen (secondary N) is 1. The van der Waals surface area contributed by atoms with Gasteiger partial charge >= 0.3 is 0 Å². The molecule has 7 nitrogen and oxygen atoms in total. The molecule has 7 heteroatoms. The number of nitro groups is 1. The summed E-state index contributed by atoms with van der Waals surface area (Å²) in [5.41, 5.74) is 2.55. The smallest absolute Gasteiger partial charge is 0.270 e. The van der Waals surface area contributed by atoms with Gasteiger partial charge in [-0.1, -0.05) is 31.2 Å². The van der Waals surface area contributed by atoms with Gasteiger partial charge in [-0.15, -0.1) is 0 Å². The number of nitro benzene ring substituents is 1. The Hall–Kier alpha value is -3.03. The number of likely N-dealkylation sites (N-methyl/N-ethyl adjacent to an activating group) is 1. The summed E-state index contributed by atoms with van der Waals surface area (Å²) < 4.78 is 0. The third-order valence-electron chi connectivity index (χ3n) is 5.05. The highest BCUT2D eigenvalue weighted by Crippen LogP contribution is 2.15. The van der Waals surface area contributed by atoms with Crippen LogP contribution >= 0.6 is 0 Å². The fourth-order valence-electron chi connectivity index (χ4n) is 3.31. The predicted octanol–water partition coefficient (Wildman–Crippen LogP) is 3.38. The van der Waals surface area contributed by atoms with Gasteiger partial charge in [0.15, 0.2) is 0 Å². The van der Waals surface area contributed by atoms with Gasteiger partial charge in [-0.05, 0) is 35.9 Å². The third-order valence-corrected chi connectivity index (χ3v) is 5.05. The molecule has 2 aromatic rings. The van der Waals surface area contributed by atoms with Gasteiger partial charge in [-0.25, -0.2) is 0 Å². The molecule has 1 amide bonds. The average molecular weight is 394 g/mol. The second-order valence-corrected chi connectivity index (χ2v) is 7.08. The largest absolute Gasteiger partial charge is 0.323 e. The quantitative estimate of drug-likeness (QED) is 0.442. The molecule has 1 aliphatic heterocycles. The molecule has 2 aromatic carbocycles. The maximum Gasteiger partial charge on any atom is 0.270 e. The van der Waals surface area contributed by atoms with E-state index >= 15 is 0 Å². The van der Waals surface area contributed by atoms with Crippen molar-refractivity contribution in [1.29, 1.82) is 0 Å². The lowest BCUT2D eigenvalue weighted by molar-refractivity contribution is -0.384. The molecule has 0 aromatic heterocycles. The fourth-order valence-corrected chi connectivity index (χ4v) is 3.31. The van der Waals surface area contributed by atoms with Crippen LogP contribution in [0.5, 0.6) is 0 Å². The molecule has 3 rings (SSSR count). The van der Waals surface area contributed by atoms with Crippen LogP contribution in [0.4, 0.5) is 11.4 Å². The van der Waals surface area contributed by atoms with E-state index in [-0.39, 0.29) is 11.6 Å². The molecule has 1 saturated heterocycles. The maximum atomic E-state index is 12.1. The molecule has 1 fully saturated rings. The minimum absolute atomic E-state index is 0.000690. The van der Waals surface area contributed by atoms with Crippen LogP contribution in [-0.4, -0.2) is 53.4 Å².